The lowest BCUT2D eigenvalue weighted by Crippen LogP contribution is -2.47. The summed E-state index contributed by atoms with van der Waals surface area (Å²) >= 11 is 0. The van der Waals surface area contributed by atoms with Gasteiger partial charge in [-0.15, -0.1) is 0 Å². The summed E-state index contributed by atoms with van der Waals surface area (Å²) in [5.74, 6) is -0.0117. The molecule has 1 aliphatic heterocycles. The van der Waals surface area contributed by atoms with Crippen molar-refractivity contribution < 1.29 is 18.3 Å². The number of likely N-dealkylation sites (N-methyl/N-ethyl adjacent to an activating group) is 1. The summed E-state index contributed by atoms with van der Waals surface area (Å²) in [5, 5.41) is 0. The van der Waals surface area contributed by atoms with E-state index in [1.54, 1.807) is 4.90 Å². The topological polar surface area (TPSA) is 32.8 Å². The molecular formula is C10H18F2N2O2. The summed E-state index contributed by atoms with van der Waals surface area (Å²) in [7, 11) is 2.01. The molecular weight excluding hydrogens is 218 g/mol. The third kappa shape index (κ3) is 4.85. The second-order valence-corrected chi connectivity index (χ2v) is 3.90. The molecule has 0 spiro atoms. The number of carbonyl (C=O) groups is 1. The van der Waals surface area contributed by atoms with Gasteiger partial charge in [-0.25, -0.2) is 8.78 Å². The van der Waals surface area contributed by atoms with Crippen LogP contribution in [0.15, 0.2) is 0 Å². The van der Waals surface area contributed by atoms with E-state index in [0.717, 1.165) is 13.1 Å². The molecule has 1 heterocycles. The van der Waals surface area contributed by atoms with Gasteiger partial charge in [0.1, 0.15) is 6.61 Å². The molecule has 0 aliphatic carbocycles. The quantitative estimate of drug-likeness (QED) is 0.649. The van der Waals surface area contributed by atoms with Crippen LogP contribution in [-0.4, -0.2) is 68.6 Å². The first kappa shape index (κ1) is 13.3. The van der Waals surface area contributed by atoms with Crippen molar-refractivity contribution in [3.63, 3.8) is 0 Å². The van der Waals surface area contributed by atoms with E-state index in [-0.39, 0.29) is 18.9 Å². The Morgan fingerprint density at radius 1 is 1.31 bits per heavy atom. The van der Waals surface area contributed by atoms with E-state index in [1.165, 1.54) is 0 Å². The standard InChI is InChI=1S/C10H18F2N2O2/c1-13-3-5-14(6-4-13)10(15)2-7-16-8-9(11)12/h9H,2-8H2,1H3. The lowest BCUT2D eigenvalue weighted by atomic mass is 10.3. The molecule has 1 saturated heterocycles. The average Bonchev–Trinajstić information content (AvgIpc) is 2.25. The molecule has 0 saturated carbocycles. The van der Waals surface area contributed by atoms with Crippen LogP contribution in [0, 0.1) is 0 Å². The minimum atomic E-state index is -2.46. The highest BCUT2D eigenvalue weighted by molar-refractivity contribution is 5.76. The van der Waals surface area contributed by atoms with Crippen LogP contribution in [0.1, 0.15) is 6.42 Å². The highest BCUT2D eigenvalue weighted by Gasteiger charge is 2.18. The van der Waals surface area contributed by atoms with E-state index in [4.69, 9.17) is 0 Å². The molecule has 0 aromatic heterocycles. The Kier molecular flexibility index (Phi) is 5.62. The molecule has 4 nitrogen and oxygen atoms in total. The average molecular weight is 236 g/mol. The molecule has 1 rings (SSSR count). The minimum absolute atomic E-state index is 0.0117. The molecule has 1 amide bonds. The smallest absolute Gasteiger partial charge is 0.261 e. The number of rotatable bonds is 5. The molecule has 1 aliphatic rings. The summed E-state index contributed by atoms with van der Waals surface area (Å²) < 4.78 is 28.1. The SMILES string of the molecule is CN1CCN(C(=O)CCOCC(F)F)CC1. The zero-order valence-electron chi connectivity index (χ0n) is 9.49. The third-order valence-corrected chi connectivity index (χ3v) is 2.56. The van der Waals surface area contributed by atoms with Crippen molar-refractivity contribution in [2.75, 3.05) is 46.4 Å². The fourth-order valence-electron chi connectivity index (χ4n) is 1.55. The van der Waals surface area contributed by atoms with E-state index in [2.05, 4.69) is 9.64 Å². The fourth-order valence-corrected chi connectivity index (χ4v) is 1.55. The lowest BCUT2D eigenvalue weighted by Gasteiger charge is -2.32. The largest absolute Gasteiger partial charge is 0.375 e. The van der Waals surface area contributed by atoms with Crippen LogP contribution < -0.4 is 0 Å². The van der Waals surface area contributed by atoms with E-state index in [1.807, 2.05) is 7.05 Å². The zero-order chi connectivity index (χ0) is 12.0. The van der Waals surface area contributed by atoms with Crippen LogP contribution >= 0.6 is 0 Å². The summed E-state index contributed by atoms with van der Waals surface area (Å²) in [6.45, 7) is 2.65. The Bertz CT molecular complexity index is 219. The summed E-state index contributed by atoms with van der Waals surface area (Å²) in [6, 6.07) is 0. The molecule has 16 heavy (non-hydrogen) atoms. The van der Waals surface area contributed by atoms with Gasteiger partial charge in [-0.3, -0.25) is 4.79 Å². The van der Waals surface area contributed by atoms with Crippen LogP contribution in [-0.2, 0) is 9.53 Å². The summed E-state index contributed by atoms with van der Waals surface area (Å²) in [4.78, 5) is 15.5. The van der Waals surface area contributed by atoms with Crippen LogP contribution in [0.3, 0.4) is 0 Å². The predicted octanol–water partition coefficient (Wildman–Crippen LogP) is 0.432. The number of hydrogen-bond acceptors (Lipinski definition) is 3. The highest BCUT2D eigenvalue weighted by Crippen LogP contribution is 2.02. The zero-order valence-corrected chi connectivity index (χ0v) is 9.49. The monoisotopic (exact) mass is 236 g/mol. The normalized spacial score (nSPS) is 18.1. The van der Waals surface area contributed by atoms with E-state index < -0.39 is 13.0 Å². The maximum Gasteiger partial charge on any atom is 0.261 e. The third-order valence-electron chi connectivity index (χ3n) is 2.56. The number of hydrogen-bond donors (Lipinski definition) is 0. The number of alkyl halides is 2. The van der Waals surface area contributed by atoms with Crippen molar-refractivity contribution in [3.8, 4) is 0 Å². The van der Waals surface area contributed by atoms with Crippen molar-refractivity contribution in [1.29, 1.82) is 0 Å². The summed E-state index contributed by atoms with van der Waals surface area (Å²) in [5.41, 5.74) is 0. The van der Waals surface area contributed by atoms with Crippen LogP contribution in [0.5, 0.6) is 0 Å². The van der Waals surface area contributed by atoms with Gasteiger partial charge in [0.05, 0.1) is 13.0 Å². The van der Waals surface area contributed by atoms with Crippen molar-refractivity contribution in [1.82, 2.24) is 9.80 Å². The van der Waals surface area contributed by atoms with Gasteiger partial charge in [-0.05, 0) is 7.05 Å². The van der Waals surface area contributed by atoms with Gasteiger partial charge < -0.3 is 14.5 Å². The Balaban J connectivity index is 2.10. The number of piperazine rings is 1. The van der Waals surface area contributed by atoms with Crippen molar-refractivity contribution in [2.45, 2.75) is 12.8 Å². The predicted molar refractivity (Wildman–Crippen MR) is 55.5 cm³/mol. The second kappa shape index (κ2) is 6.75. The molecule has 1 fully saturated rings. The van der Waals surface area contributed by atoms with E-state index in [9.17, 15) is 13.6 Å². The van der Waals surface area contributed by atoms with Crippen molar-refractivity contribution >= 4 is 5.91 Å². The minimum Gasteiger partial charge on any atom is -0.375 e. The van der Waals surface area contributed by atoms with E-state index >= 15 is 0 Å². The number of amides is 1. The van der Waals surface area contributed by atoms with Gasteiger partial charge in [0.25, 0.3) is 6.43 Å². The number of carbonyl (C=O) groups excluding carboxylic acids is 1. The Morgan fingerprint density at radius 2 is 1.94 bits per heavy atom. The number of halogens is 2. The molecule has 6 heteroatoms. The lowest BCUT2D eigenvalue weighted by molar-refractivity contribution is -0.134. The van der Waals surface area contributed by atoms with E-state index in [0.29, 0.717) is 13.1 Å². The first-order valence-electron chi connectivity index (χ1n) is 5.42. The van der Waals surface area contributed by atoms with Crippen molar-refractivity contribution in [2.24, 2.45) is 0 Å². The molecule has 94 valence electrons. The van der Waals surface area contributed by atoms with Crippen LogP contribution in [0.25, 0.3) is 0 Å². The van der Waals surface area contributed by atoms with Gasteiger partial charge in [-0.1, -0.05) is 0 Å². The Hall–Kier alpha value is -0.750. The molecule has 0 bridgehead atoms. The fraction of sp³-hybridized carbons (Fsp3) is 0.900. The maximum atomic E-state index is 11.7. The van der Waals surface area contributed by atoms with Crippen molar-refractivity contribution in [3.05, 3.63) is 0 Å². The van der Waals surface area contributed by atoms with Gasteiger partial charge >= 0.3 is 0 Å². The van der Waals surface area contributed by atoms with Gasteiger partial charge in [0.2, 0.25) is 5.91 Å². The summed E-state index contributed by atoms with van der Waals surface area (Å²) in [6.07, 6.45) is -2.27. The molecule has 0 radical (unpaired) electrons. The Labute approximate surface area is 94.1 Å². The van der Waals surface area contributed by atoms with Gasteiger partial charge in [-0.2, -0.15) is 0 Å². The second-order valence-electron chi connectivity index (χ2n) is 3.90. The Morgan fingerprint density at radius 3 is 2.50 bits per heavy atom. The van der Waals surface area contributed by atoms with Gasteiger partial charge in [0.15, 0.2) is 0 Å². The first-order valence-corrected chi connectivity index (χ1v) is 5.42. The highest BCUT2D eigenvalue weighted by atomic mass is 19.3. The molecule has 0 aromatic carbocycles. The molecule has 0 unspecified atom stereocenters. The molecule has 0 atom stereocenters. The molecule has 0 aromatic rings. The number of nitrogens with zero attached hydrogens (tertiary/aromatic N) is 2. The van der Waals surface area contributed by atoms with Crippen LogP contribution in [0.4, 0.5) is 8.78 Å². The molecule has 0 N–H and O–H groups in total. The van der Waals surface area contributed by atoms with Crippen LogP contribution in [0.2, 0.25) is 0 Å². The maximum absolute atomic E-state index is 11.7. The van der Waals surface area contributed by atoms with Gasteiger partial charge in [0, 0.05) is 26.2 Å². The number of ether oxygens (including phenoxy) is 1. The first-order chi connectivity index (χ1) is 7.59.